The molecule has 3 heteroatoms. The minimum absolute atomic E-state index is 0.0602. The molecule has 2 bridgehead atoms. The highest BCUT2D eigenvalue weighted by Gasteiger charge is 2.35. The number of esters is 1. The Bertz CT molecular complexity index is 319. The van der Waals surface area contributed by atoms with Crippen LogP contribution in [-0.2, 0) is 9.53 Å². The van der Waals surface area contributed by atoms with Crippen molar-refractivity contribution in [2.45, 2.75) is 82.9 Å². The average Bonchev–Trinajstić information content (AvgIpc) is 2.72. The first-order valence-corrected chi connectivity index (χ1v) is 8.16. The fourth-order valence-corrected chi connectivity index (χ4v) is 4.25. The summed E-state index contributed by atoms with van der Waals surface area (Å²) in [4.78, 5) is 12.1. The number of carbonyl (C=O) groups is 1. The van der Waals surface area contributed by atoms with Gasteiger partial charge in [0.1, 0.15) is 6.10 Å². The van der Waals surface area contributed by atoms with E-state index in [1.165, 1.54) is 44.9 Å². The molecule has 1 aliphatic carbocycles. The van der Waals surface area contributed by atoms with E-state index < -0.39 is 0 Å². The largest absolute Gasteiger partial charge is 0.462 e. The van der Waals surface area contributed by atoms with Gasteiger partial charge in [-0.25, -0.2) is 0 Å². The molecule has 0 aromatic rings. The van der Waals surface area contributed by atoms with Crippen molar-refractivity contribution in [3.05, 3.63) is 0 Å². The van der Waals surface area contributed by atoms with Gasteiger partial charge < -0.3 is 10.1 Å². The number of rotatable bonds is 3. The Morgan fingerprint density at radius 1 is 1.11 bits per heavy atom. The average molecular weight is 265 g/mol. The van der Waals surface area contributed by atoms with Crippen LogP contribution in [0.3, 0.4) is 0 Å². The Labute approximate surface area is 116 Å². The van der Waals surface area contributed by atoms with E-state index in [-0.39, 0.29) is 12.1 Å². The van der Waals surface area contributed by atoms with Crippen LogP contribution in [0.2, 0.25) is 0 Å². The van der Waals surface area contributed by atoms with Gasteiger partial charge in [0.05, 0.1) is 0 Å². The summed E-state index contributed by atoms with van der Waals surface area (Å²) in [6.45, 7) is 2.22. The van der Waals surface area contributed by atoms with E-state index in [2.05, 4.69) is 12.2 Å². The third-order valence-corrected chi connectivity index (χ3v) is 5.34. The predicted octanol–water partition coefficient (Wildman–Crippen LogP) is 3.03. The molecule has 4 atom stereocenters. The number of hydrogen-bond donors (Lipinski definition) is 1. The van der Waals surface area contributed by atoms with Gasteiger partial charge in [-0.2, -0.15) is 0 Å². The topological polar surface area (TPSA) is 38.3 Å². The number of hydrogen-bond acceptors (Lipinski definition) is 3. The molecule has 0 radical (unpaired) electrons. The second-order valence-electron chi connectivity index (χ2n) is 6.97. The number of fused-ring (bicyclic) bond motifs is 2. The molecule has 3 aliphatic rings. The van der Waals surface area contributed by atoms with Crippen molar-refractivity contribution in [1.82, 2.24) is 5.32 Å². The van der Waals surface area contributed by atoms with E-state index in [1.54, 1.807) is 0 Å². The van der Waals surface area contributed by atoms with Gasteiger partial charge in [-0.05, 0) is 56.8 Å². The van der Waals surface area contributed by atoms with Crippen LogP contribution in [-0.4, -0.2) is 24.2 Å². The zero-order valence-electron chi connectivity index (χ0n) is 12.1. The van der Waals surface area contributed by atoms with E-state index in [0.29, 0.717) is 30.3 Å². The second-order valence-corrected chi connectivity index (χ2v) is 6.97. The monoisotopic (exact) mass is 265 g/mol. The van der Waals surface area contributed by atoms with Crippen LogP contribution < -0.4 is 5.32 Å². The Kier molecular flexibility index (Phi) is 4.11. The molecule has 1 saturated carbocycles. The van der Waals surface area contributed by atoms with E-state index >= 15 is 0 Å². The molecule has 0 aromatic heterocycles. The minimum Gasteiger partial charge on any atom is -0.462 e. The fourth-order valence-electron chi connectivity index (χ4n) is 4.25. The molecular formula is C16H27NO2. The van der Waals surface area contributed by atoms with Gasteiger partial charge in [0.15, 0.2) is 0 Å². The van der Waals surface area contributed by atoms with E-state index in [4.69, 9.17) is 4.74 Å². The smallest absolute Gasteiger partial charge is 0.306 e. The van der Waals surface area contributed by atoms with Gasteiger partial charge in [0.2, 0.25) is 0 Å². The number of nitrogens with one attached hydrogen (secondary N) is 1. The molecule has 2 saturated heterocycles. The molecule has 0 amide bonds. The molecule has 1 N–H and O–H groups in total. The maximum Gasteiger partial charge on any atom is 0.306 e. The third kappa shape index (κ3) is 3.31. The van der Waals surface area contributed by atoms with Crippen LogP contribution in [0.4, 0.5) is 0 Å². The first-order valence-electron chi connectivity index (χ1n) is 8.16. The molecular weight excluding hydrogens is 238 g/mol. The molecule has 3 nitrogen and oxygen atoms in total. The Morgan fingerprint density at radius 2 is 1.79 bits per heavy atom. The normalized spacial score (nSPS) is 42.1. The number of piperidine rings is 1. The standard InChI is InChI=1S/C16H27NO2/c1-11-4-2-3-5-15(11)19-16(18)10-12-8-13-6-7-14(9-12)17-13/h11-15,17H,2-10H2,1H3. The summed E-state index contributed by atoms with van der Waals surface area (Å²) >= 11 is 0. The molecule has 19 heavy (non-hydrogen) atoms. The highest BCUT2D eigenvalue weighted by Crippen LogP contribution is 2.33. The molecule has 0 aromatic carbocycles. The summed E-state index contributed by atoms with van der Waals surface area (Å²) in [7, 11) is 0. The lowest BCUT2D eigenvalue weighted by Gasteiger charge is -2.31. The van der Waals surface area contributed by atoms with E-state index in [0.717, 1.165) is 6.42 Å². The summed E-state index contributed by atoms with van der Waals surface area (Å²) in [5.41, 5.74) is 0. The van der Waals surface area contributed by atoms with Gasteiger partial charge in [-0.3, -0.25) is 4.79 Å². The lowest BCUT2D eigenvalue weighted by molar-refractivity contribution is -0.154. The second kappa shape index (κ2) is 5.82. The summed E-state index contributed by atoms with van der Waals surface area (Å²) in [6.07, 6.45) is 10.6. The van der Waals surface area contributed by atoms with Crippen molar-refractivity contribution >= 4 is 5.97 Å². The summed E-state index contributed by atoms with van der Waals surface area (Å²) in [6, 6.07) is 1.34. The maximum atomic E-state index is 12.1. The van der Waals surface area contributed by atoms with Crippen LogP contribution in [0.1, 0.15) is 64.7 Å². The zero-order chi connectivity index (χ0) is 13.2. The molecule has 0 spiro atoms. The lowest BCUT2D eigenvalue weighted by atomic mass is 9.87. The first-order chi connectivity index (χ1) is 9.20. The SMILES string of the molecule is CC1CCCCC1OC(=O)CC1CC2CCC(C1)N2. The highest BCUT2D eigenvalue weighted by atomic mass is 16.5. The Hall–Kier alpha value is -0.570. The summed E-state index contributed by atoms with van der Waals surface area (Å²) in [5.74, 6) is 1.18. The Balaban J connectivity index is 1.46. The third-order valence-electron chi connectivity index (χ3n) is 5.34. The molecule has 2 heterocycles. The van der Waals surface area contributed by atoms with Crippen LogP contribution in [0.25, 0.3) is 0 Å². The summed E-state index contributed by atoms with van der Waals surface area (Å²) < 4.78 is 5.74. The predicted molar refractivity (Wildman–Crippen MR) is 74.8 cm³/mol. The number of ether oxygens (including phenoxy) is 1. The lowest BCUT2D eigenvalue weighted by Crippen LogP contribution is -2.39. The quantitative estimate of drug-likeness (QED) is 0.797. The maximum absolute atomic E-state index is 12.1. The van der Waals surface area contributed by atoms with Crippen molar-refractivity contribution in [3.63, 3.8) is 0 Å². The minimum atomic E-state index is 0.0602. The van der Waals surface area contributed by atoms with Crippen molar-refractivity contribution in [1.29, 1.82) is 0 Å². The highest BCUT2D eigenvalue weighted by molar-refractivity contribution is 5.70. The van der Waals surface area contributed by atoms with Crippen LogP contribution in [0.15, 0.2) is 0 Å². The van der Waals surface area contributed by atoms with Crippen molar-refractivity contribution < 1.29 is 9.53 Å². The van der Waals surface area contributed by atoms with Gasteiger partial charge in [0.25, 0.3) is 0 Å². The van der Waals surface area contributed by atoms with Crippen molar-refractivity contribution in [2.75, 3.05) is 0 Å². The van der Waals surface area contributed by atoms with Crippen molar-refractivity contribution in [3.8, 4) is 0 Å². The van der Waals surface area contributed by atoms with Crippen LogP contribution in [0, 0.1) is 11.8 Å². The van der Waals surface area contributed by atoms with E-state index in [9.17, 15) is 4.79 Å². The van der Waals surface area contributed by atoms with Gasteiger partial charge in [0, 0.05) is 18.5 Å². The fraction of sp³-hybridized carbons (Fsp3) is 0.938. The number of carbonyl (C=O) groups excluding carboxylic acids is 1. The van der Waals surface area contributed by atoms with Gasteiger partial charge >= 0.3 is 5.97 Å². The van der Waals surface area contributed by atoms with Gasteiger partial charge in [-0.15, -0.1) is 0 Å². The van der Waals surface area contributed by atoms with Crippen LogP contribution in [0.5, 0.6) is 0 Å². The van der Waals surface area contributed by atoms with E-state index in [1.807, 2.05) is 0 Å². The zero-order valence-corrected chi connectivity index (χ0v) is 12.1. The molecule has 108 valence electrons. The van der Waals surface area contributed by atoms with Crippen molar-refractivity contribution in [2.24, 2.45) is 11.8 Å². The van der Waals surface area contributed by atoms with Crippen LogP contribution >= 0.6 is 0 Å². The molecule has 3 fully saturated rings. The first kappa shape index (κ1) is 13.4. The molecule has 3 rings (SSSR count). The molecule has 2 aliphatic heterocycles. The van der Waals surface area contributed by atoms with Gasteiger partial charge in [-0.1, -0.05) is 13.3 Å². The Morgan fingerprint density at radius 3 is 2.47 bits per heavy atom. The summed E-state index contributed by atoms with van der Waals surface area (Å²) in [5, 5.41) is 3.63. The molecule has 4 unspecified atom stereocenters.